The van der Waals surface area contributed by atoms with Crippen LogP contribution in [0.15, 0.2) is 66.7 Å². The molecule has 4 rings (SSSR count). The van der Waals surface area contributed by atoms with Crippen molar-refractivity contribution in [3.8, 4) is 5.75 Å². The average Bonchev–Trinajstić information content (AvgIpc) is 2.77. The number of para-hydroxylation sites is 1. The molecule has 0 bridgehead atoms. The SMILES string of the molecule is COc1ccc(C(=O)NNC(=S)Nc2c3ccccc3nc3ccc(C)cc23)cc1. The summed E-state index contributed by atoms with van der Waals surface area (Å²) in [6, 6.07) is 20.7. The smallest absolute Gasteiger partial charge is 0.269 e. The summed E-state index contributed by atoms with van der Waals surface area (Å²) in [6.07, 6.45) is 0. The first-order valence-corrected chi connectivity index (χ1v) is 9.76. The van der Waals surface area contributed by atoms with Gasteiger partial charge in [0.25, 0.3) is 5.91 Å². The molecule has 150 valence electrons. The second-order valence-corrected chi connectivity index (χ2v) is 7.19. The van der Waals surface area contributed by atoms with Gasteiger partial charge in [-0.25, -0.2) is 4.98 Å². The van der Waals surface area contributed by atoms with E-state index in [1.165, 1.54) is 0 Å². The Morgan fingerprint density at radius 1 is 0.933 bits per heavy atom. The normalized spacial score (nSPS) is 10.6. The number of aryl methyl sites for hydroxylation is 1. The molecule has 0 atom stereocenters. The molecule has 0 unspecified atom stereocenters. The summed E-state index contributed by atoms with van der Waals surface area (Å²) in [5.41, 5.74) is 9.57. The number of carbonyl (C=O) groups is 1. The molecule has 0 saturated carbocycles. The zero-order valence-electron chi connectivity index (χ0n) is 16.5. The highest BCUT2D eigenvalue weighted by Crippen LogP contribution is 2.31. The van der Waals surface area contributed by atoms with Gasteiger partial charge in [-0.15, -0.1) is 0 Å². The maximum Gasteiger partial charge on any atom is 0.269 e. The Kier molecular flexibility index (Phi) is 5.45. The molecule has 0 radical (unpaired) electrons. The number of nitrogens with one attached hydrogen (secondary N) is 3. The fraction of sp³-hybridized carbons (Fsp3) is 0.0870. The van der Waals surface area contributed by atoms with Gasteiger partial charge < -0.3 is 10.1 Å². The molecule has 0 aliphatic heterocycles. The Labute approximate surface area is 179 Å². The number of aromatic nitrogens is 1. The minimum atomic E-state index is -0.304. The van der Waals surface area contributed by atoms with Gasteiger partial charge in [0, 0.05) is 16.3 Å². The molecule has 6 nitrogen and oxygen atoms in total. The van der Waals surface area contributed by atoms with Crippen molar-refractivity contribution >= 4 is 50.7 Å². The molecule has 3 aromatic carbocycles. The van der Waals surface area contributed by atoms with E-state index >= 15 is 0 Å². The van der Waals surface area contributed by atoms with E-state index in [0.717, 1.165) is 33.1 Å². The van der Waals surface area contributed by atoms with Crippen LogP contribution in [0.4, 0.5) is 5.69 Å². The van der Waals surface area contributed by atoms with E-state index in [2.05, 4.69) is 22.2 Å². The molecule has 0 aliphatic rings. The number of methoxy groups -OCH3 is 1. The third kappa shape index (κ3) is 4.01. The second-order valence-electron chi connectivity index (χ2n) is 6.79. The van der Waals surface area contributed by atoms with Crippen molar-refractivity contribution in [1.82, 2.24) is 15.8 Å². The Bertz CT molecular complexity index is 1260. The number of amides is 1. The van der Waals surface area contributed by atoms with E-state index in [9.17, 15) is 4.79 Å². The Morgan fingerprint density at radius 3 is 2.43 bits per heavy atom. The van der Waals surface area contributed by atoms with Crippen molar-refractivity contribution in [3.05, 3.63) is 77.9 Å². The number of anilines is 1. The molecular weight excluding hydrogens is 396 g/mol. The molecule has 30 heavy (non-hydrogen) atoms. The first-order valence-electron chi connectivity index (χ1n) is 9.35. The summed E-state index contributed by atoms with van der Waals surface area (Å²) in [5, 5.41) is 5.40. The largest absolute Gasteiger partial charge is 0.497 e. The van der Waals surface area contributed by atoms with Gasteiger partial charge in [0.1, 0.15) is 5.75 Å². The fourth-order valence-corrected chi connectivity index (χ4v) is 3.37. The number of carbonyl (C=O) groups excluding carboxylic acids is 1. The van der Waals surface area contributed by atoms with Gasteiger partial charge in [0.2, 0.25) is 0 Å². The van der Waals surface area contributed by atoms with Gasteiger partial charge in [0.15, 0.2) is 5.11 Å². The van der Waals surface area contributed by atoms with Gasteiger partial charge in [-0.1, -0.05) is 29.8 Å². The quantitative estimate of drug-likeness (QED) is 0.262. The van der Waals surface area contributed by atoms with Crippen LogP contribution in [0.1, 0.15) is 15.9 Å². The number of nitrogens with zero attached hydrogens (tertiary/aromatic N) is 1. The van der Waals surface area contributed by atoms with Gasteiger partial charge in [-0.3, -0.25) is 15.6 Å². The zero-order chi connectivity index (χ0) is 21.1. The fourth-order valence-electron chi connectivity index (χ4n) is 3.21. The number of benzene rings is 3. The summed E-state index contributed by atoms with van der Waals surface area (Å²) in [5.74, 6) is 0.380. The zero-order valence-corrected chi connectivity index (χ0v) is 17.3. The van der Waals surface area contributed by atoms with Crippen LogP contribution in [-0.4, -0.2) is 23.1 Å². The van der Waals surface area contributed by atoms with Crippen LogP contribution in [0.5, 0.6) is 5.75 Å². The highest BCUT2D eigenvalue weighted by Gasteiger charge is 2.12. The maximum atomic E-state index is 12.4. The topological polar surface area (TPSA) is 75.3 Å². The monoisotopic (exact) mass is 416 g/mol. The summed E-state index contributed by atoms with van der Waals surface area (Å²) < 4.78 is 5.11. The van der Waals surface area contributed by atoms with Gasteiger partial charge in [-0.2, -0.15) is 0 Å². The van der Waals surface area contributed by atoms with Gasteiger partial charge >= 0.3 is 0 Å². The number of rotatable bonds is 3. The number of hydrazine groups is 1. The minimum absolute atomic E-state index is 0.274. The lowest BCUT2D eigenvalue weighted by atomic mass is 10.1. The molecule has 1 aromatic heterocycles. The van der Waals surface area contributed by atoms with Crippen molar-refractivity contribution in [2.24, 2.45) is 0 Å². The molecule has 0 fully saturated rings. The van der Waals surface area contributed by atoms with Crippen LogP contribution in [0.25, 0.3) is 21.8 Å². The van der Waals surface area contributed by atoms with Crippen molar-refractivity contribution in [2.75, 3.05) is 12.4 Å². The molecule has 1 amide bonds. The molecule has 1 heterocycles. The van der Waals surface area contributed by atoms with E-state index < -0.39 is 0 Å². The molecule has 0 aliphatic carbocycles. The number of hydrogen-bond donors (Lipinski definition) is 3. The highest BCUT2D eigenvalue weighted by molar-refractivity contribution is 7.80. The van der Waals surface area contributed by atoms with Crippen molar-refractivity contribution < 1.29 is 9.53 Å². The molecule has 0 saturated heterocycles. The van der Waals surface area contributed by atoms with Crippen LogP contribution in [0.3, 0.4) is 0 Å². The first-order chi connectivity index (χ1) is 14.5. The standard InChI is InChI=1S/C23H20N4O2S/c1-14-7-12-20-18(13-14)21(17-5-3-4-6-19(17)24-20)25-23(30)27-26-22(28)15-8-10-16(29-2)11-9-15/h3-13H,1-2H3,(H,26,28)(H2,24,25,27,30). The Balaban J connectivity index is 1.56. The number of ether oxygens (including phenoxy) is 1. The van der Waals surface area contributed by atoms with E-state index in [-0.39, 0.29) is 11.0 Å². The maximum absolute atomic E-state index is 12.4. The molecular formula is C23H20N4O2S. The molecule has 7 heteroatoms. The van der Waals surface area contributed by atoms with Gasteiger partial charge in [0.05, 0.1) is 23.8 Å². The lowest BCUT2D eigenvalue weighted by Gasteiger charge is -2.16. The van der Waals surface area contributed by atoms with Crippen LogP contribution >= 0.6 is 12.2 Å². The average molecular weight is 417 g/mol. The highest BCUT2D eigenvalue weighted by atomic mass is 32.1. The van der Waals surface area contributed by atoms with E-state index in [1.54, 1.807) is 31.4 Å². The number of hydrogen-bond acceptors (Lipinski definition) is 4. The van der Waals surface area contributed by atoms with Crippen LogP contribution in [-0.2, 0) is 0 Å². The van der Waals surface area contributed by atoms with E-state index in [4.69, 9.17) is 21.9 Å². The summed E-state index contributed by atoms with van der Waals surface area (Å²) >= 11 is 5.43. The van der Waals surface area contributed by atoms with Crippen molar-refractivity contribution in [3.63, 3.8) is 0 Å². The lowest BCUT2D eigenvalue weighted by Crippen LogP contribution is -2.43. The van der Waals surface area contributed by atoms with Gasteiger partial charge in [-0.05, 0) is 61.6 Å². The van der Waals surface area contributed by atoms with Crippen molar-refractivity contribution in [2.45, 2.75) is 6.92 Å². The number of thiocarbonyl (C=S) groups is 1. The van der Waals surface area contributed by atoms with Crippen LogP contribution < -0.4 is 20.9 Å². The first kappa shape index (κ1) is 19.6. The Hall–Kier alpha value is -3.71. The van der Waals surface area contributed by atoms with Crippen LogP contribution in [0, 0.1) is 6.92 Å². The summed E-state index contributed by atoms with van der Waals surface area (Å²) in [6.45, 7) is 2.03. The minimum Gasteiger partial charge on any atom is -0.497 e. The molecule has 0 spiro atoms. The number of fused-ring (bicyclic) bond motifs is 2. The van der Waals surface area contributed by atoms with E-state index in [0.29, 0.717) is 11.3 Å². The second kappa shape index (κ2) is 8.34. The summed E-state index contributed by atoms with van der Waals surface area (Å²) in [4.78, 5) is 17.1. The van der Waals surface area contributed by atoms with Crippen LogP contribution in [0.2, 0.25) is 0 Å². The van der Waals surface area contributed by atoms with E-state index in [1.807, 2.05) is 43.3 Å². The third-order valence-electron chi connectivity index (χ3n) is 4.72. The predicted molar refractivity (Wildman–Crippen MR) is 124 cm³/mol. The lowest BCUT2D eigenvalue weighted by molar-refractivity contribution is 0.0944. The molecule has 4 aromatic rings. The van der Waals surface area contributed by atoms with Crippen molar-refractivity contribution in [1.29, 1.82) is 0 Å². The predicted octanol–water partition coefficient (Wildman–Crippen LogP) is 4.34. The third-order valence-corrected chi connectivity index (χ3v) is 4.92. The summed E-state index contributed by atoms with van der Waals surface area (Å²) in [7, 11) is 1.58. The number of pyridine rings is 1. The molecule has 3 N–H and O–H groups in total. The Morgan fingerprint density at radius 2 is 1.67 bits per heavy atom.